The van der Waals surface area contributed by atoms with Crippen molar-refractivity contribution in [2.24, 2.45) is 0 Å². The van der Waals surface area contributed by atoms with Gasteiger partial charge in [-0.1, -0.05) is 47.6 Å². The van der Waals surface area contributed by atoms with Crippen molar-refractivity contribution in [3.05, 3.63) is 100.0 Å². The van der Waals surface area contributed by atoms with Gasteiger partial charge in [0.15, 0.2) is 23.3 Å². The Balaban J connectivity index is 1.86. The molecular formula is C23H12ClF5N2O2S. The third-order valence-electron chi connectivity index (χ3n) is 4.59. The summed E-state index contributed by atoms with van der Waals surface area (Å²) in [4.78, 5) is 11.5. The monoisotopic (exact) mass is 510 g/mol. The number of halogens is 6. The molecule has 3 aromatic carbocycles. The number of hydrogen-bond donors (Lipinski definition) is 0. The van der Waals surface area contributed by atoms with Gasteiger partial charge in [-0.15, -0.1) is 0 Å². The first-order valence-electron chi connectivity index (χ1n) is 9.51. The Hall–Kier alpha value is -3.37. The fourth-order valence-corrected chi connectivity index (χ4v) is 4.14. The van der Waals surface area contributed by atoms with Gasteiger partial charge in [0.2, 0.25) is 11.7 Å². The maximum atomic E-state index is 14.4. The normalized spacial score (nSPS) is 11.0. The molecule has 174 valence electrons. The molecule has 0 amide bonds. The summed E-state index contributed by atoms with van der Waals surface area (Å²) in [6, 6.07) is 14.1. The Morgan fingerprint density at radius 2 is 1.50 bits per heavy atom. The number of carbonyl (C=O) groups is 1. The third-order valence-corrected chi connectivity index (χ3v) is 6.06. The Bertz CT molecular complexity index is 1380. The van der Waals surface area contributed by atoms with Crippen molar-refractivity contribution in [3.8, 4) is 11.6 Å². The highest BCUT2D eigenvalue weighted by Crippen LogP contribution is 2.42. The molecule has 0 aliphatic heterocycles. The first-order valence-corrected chi connectivity index (χ1v) is 10.7. The van der Waals surface area contributed by atoms with E-state index in [1.54, 1.807) is 36.4 Å². The number of carbonyl (C=O) groups excluding carboxylic acids is 1. The van der Waals surface area contributed by atoms with Crippen LogP contribution in [0.25, 0.3) is 5.69 Å². The van der Waals surface area contributed by atoms with Crippen molar-refractivity contribution < 1.29 is 31.5 Å². The summed E-state index contributed by atoms with van der Waals surface area (Å²) in [6.45, 7) is 1.44. The van der Waals surface area contributed by atoms with E-state index in [0.29, 0.717) is 5.69 Å². The van der Waals surface area contributed by atoms with E-state index in [-0.39, 0.29) is 38.8 Å². The molecule has 4 rings (SSSR count). The molecular weight excluding hydrogens is 499 g/mol. The van der Waals surface area contributed by atoms with Gasteiger partial charge in [0, 0.05) is 5.02 Å². The number of para-hydroxylation sites is 1. The predicted molar refractivity (Wildman–Crippen MR) is 115 cm³/mol. The van der Waals surface area contributed by atoms with Crippen LogP contribution in [0.3, 0.4) is 0 Å². The molecule has 0 bridgehead atoms. The standard InChI is InChI=1S/C23H12ClF5N2O2S/c1-11-20(34-21-18(28)16(26)15(25)17(27)19(21)29)22(31(30-11)14-8-3-2-4-9-14)33-23(32)12-6-5-7-13(24)10-12/h2-10H,1H3. The average molecular weight is 511 g/mol. The molecule has 0 fully saturated rings. The van der Waals surface area contributed by atoms with Crippen LogP contribution in [0.15, 0.2) is 64.4 Å². The fourth-order valence-electron chi connectivity index (χ4n) is 2.98. The molecule has 4 nitrogen and oxygen atoms in total. The lowest BCUT2D eigenvalue weighted by molar-refractivity contribution is 0.0718. The van der Waals surface area contributed by atoms with Gasteiger partial charge < -0.3 is 4.74 Å². The van der Waals surface area contributed by atoms with E-state index >= 15 is 0 Å². The van der Waals surface area contributed by atoms with Crippen LogP contribution >= 0.6 is 23.4 Å². The Morgan fingerprint density at radius 1 is 0.882 bits per heavy atom. The van der Waals surface area contributed by atoms with Crippen molar-refractivity contribution in [2.45, 2.75) is 16.7 Å². The molecule has 0 atom stereocenters. The zero-order valence-corrected chi connectivity index (χ0v) is 18.7. The van der Waals surface area contributed by atoms with Crippen LogP contribution in [0, 0.1) is 36.0 Å². The van der Waals surface area contributed by atoms with E-state index in [4.69, 9.17) is 16.3 Å². The first kappa shape index (κ1) is 23.8. The lowest BCUT2D eigenvalue weighted by atomic mass is 10.2. The van der Waals surface area contributed by atoms with Gasteiger partial charge in [0.25, 0.3) is 0 Å². The Morgan fingerprint density at radius 3 is 2.12 bits per heavy atom. The van der Waals surface area contributed by atoms with Gasteiger partial charge in [0.1, 0.15) is 0 Å². The number of benzene rings is 3. The van der Waals surface area contributed by atoms with Crippen LogP contribution in [-0.2, 0) is 0 Å². The molecule has 0 aliphatic rings. The van der Waals surface area contributed by atoms with Crippen molar-refractivity contribution in [1.29, 1.82) is 0 Å². The second-order valence-corrected chi connectivity index (χ2v) is 8.33. The van der Waals surface area contributed by atoms with E-state index in [1.165, 1.54) is 29.8 Å². The van der Waals surface area contributed by atoms with E-state index in [1.807, 2.05) is 0 Å². The van der Waals surface area contributed by atoms with E-state index < -0.39 is 40.0 Å². The number of esters is 1. The summed E-state index contributed by atoms with van der Waals surface area (Å²) in [5.41, 5.74) is 0.605. The molecule has 0 saturated heterocycles. The van der Waals surface area contributed by atoms with Gasteiger partial charge in [-0.05, 0) is 37.3 Å². The second kappa shape index (κ2) is 9.47. The summed E-state index contributed by atoms with van der Waals surface area (Å²) < 4.78 is 76.4. The van der Waals surface area contributed by atoms with E-state index in [0.717, 1.165) is 0 Å². The quantitative estimate of drug-likeness (QED) is 0.127. The summed E-state index contributed by atoms with van der Waals surface area (Å²) in [5.74, 6) is -11.6. The van der Waals surface area contributed by atoms with Gasteiger partial charge in [-0.3, -0.25) is 0 Å². The second-order valence-electron chi connectivity index (χ2n) is 6.87. The summed E-state index contributed by atoms with van der Waals surface area (Å²) in [7, 11) is 0. The highest BCUT2D eigenvalue weighted by atomic mass is 35.5. The summed E-state index contributed by atoms with van der Waals surface area (Å²) in [5, 5.41) is 4.51. The van der Waals surface area contributed by atoms with Crippen molar-refractivity contribution in [2.75, 3.05) is 0 Å². The molecule has 0 saturated carbocycles. The van der Waals surface area contributed by atoms with Crippen molar-refractivity contribution in [3.63, 3.8) is 0 Å². The average Bonchev–Trinajstić information content (AvgIpc) is 3.14. The largest absolute Gasteiger partial charge is 0.402 e. The number of rotatable bonds is 5. The molecule has 1 heterocycles. The molecule has 0 unspecified atom stereocenters. The molecule has 1 aromatic heterocycles. The molecule has 0 aliphatic carbocycles. The Labute approximate surface area is 198 Å². The van der Waals surface area contributed by atoms with Gasteiger partial charge in [-0.2, -0.15) is 9.78 Å². The van der Waals surface area contributed by atoms with Crippen LogP contribution in [-0.4, -0.2) is 15.7 Å². The molecule has 11 heteroatoms. The molecule has 0 N–H and O–H groups in total. The van der Waals surface area contributed by atoms with Gasteiger partial charge in [0.05, 0.1) is 26.7 Å². The van der Waals surface area contributed by atoms with Gasteiger partial charge in [-0.25, -0.2) is 26.7 Å². The zero-order chi connectivity index (χ0) is 24.6. The fraction of sp³-hybridized carbons (Fsp3) is 0.0435. The molecule has 4 aromatic rings. The smallest absolute Gasteiger partial charge is 0.344 e. The minimum absolute atomic E-state index is 0.0677. The first-order chi connectivity index (χ1) is 16.2. The van der Waals surface area contributed by atoms with Crippen molar-refractivity contribution >= 4 is 29.3 Å². The SMILES string of the molecule is Cc1nn(-c2ccccc2)c(OC(=O)c2cccc(Cl)c2)c1Sc1c(F)c(F)c(F)c(F)c1F. The topological polar surface area (TPSA) is 44.1 Å². The van der Waals surface area contributed by atoms with Crippen LogP contribution in [0.2, 0.25) is 5.02 Å². The third kappa shape index (κ3) is 4.38. The minimum atomic E-state index is -2.27. The van der Waals surface area contributed by atoms with E-state index in [2.05, 4.69) is 5.10 Å². The molecule has 0 spiro atoms. The van der Waals surface area contributed by atoms with Crippen LogP contribution < -0.4 is 4.74 Å². The highest BCUT2D eigenvalue weighted by molar-refractivity contribution is 7.99. The maximum absolute atomic E-state index is 14.4. The lowest BCUT2D eigenvalue weighted by Crippen LogP contribution is -2.12. The maximum Gasteiger partial charge on any atom is 0.344 e. The number of nitrogens with zero attached hydrogens (tertiary/aromatic N) is 2. The number of aromatic nitrogens is 2. The van der Waals surface area contributed by atoms with Gasteiger partial charge >= 0.3 is 5.97 Å². The summed E-state index contributed by atoms with van der Waals surface area (Å²) in [6.07, 6.45) is 0. The number of hydrogen-bond acceptors (Lipinski definition) is 4. The highest BCUT2D eigenvalue weighted by Gasteiger charge is 2.30. The summed E-state index contributed by atoms with van der Waals surface area (Å²) >= 11 is 6.13. The minimum Gasteiger partial charge on any atom is -0.402 e. The van der Waals surface area contributed by atoms with E-state index in [9.17, 15) is 26.7 Å². The van der Waals surface area contributed by atoms with Crippen LogP contribution in [0.1, 0.15) is 16.1 Å². The lowest BCUT2D eigenvalue weighted by Gasteiger charge is -2.11. The number of aryl methyl sites for hydroxylation is 1. The van der Waals surface area contributed by atoms with Crippen molar-refractivity contribution in [1.82, 2.24) is 9.78 Å². The van der Waals surface area contributed by atoms with Crippen LogP contribution in [0.5, 0.6) is 5.88 Å². The zero-order valence-electron chi connectivity index (χ0n) is 17.1. The molecule has 34 heavy (non-hydrogen) atoms. The Kier molecular flexibility index (Phi) is 6.63. The molecule has 0 radical (unpaired) electrons. The predicted octanol–water partition coefficient (Wildman–Crippen LogP) is 6.90. The van der Waals surface area contributed by atoms with Crippen LogP contribution in [0.4, 0.5) is 22.0 Å². The number of ether oxygens (including phenoxy) is 1.